The fraction of sp³-hybridized carbons (Fsp3) is 0.133. The number of carbonyl (C=O) groups is 1. The fourth-order valence-corrected chi connectivity index (χ4v) is 3.31. The first-order chi connectivity index (χ1) is 9.92. The molecule has 0 aliphatic rings. The minimum absolute atomic E-state index is 0.248. The first-order valence-electron chi connectivity index (χ1n) is 6.13. The largest absolute Gasteiger partial charge is 0.496 e. The van der Waals surface area contributed by atoms with Gasteiger partial charge in [0.25, 0.3) is 5.91 Å². The van der Waals surface area contributed by atoms with Gasteiger partial charge in [-0.1, -0.05) is 11.6 Å². The Labute approximate surface area is 139 Å². The Balaban J connectivity index is 2.37. The molecular weight excluding hydrogens is 400 g/mol. The van der Waals surface area contributed by atoms with Crippen LogP contribution < -0.4 is 15.8 Å². The second-order valence-electron chi connectivity index (χ2n) is 4.52. The van der Waals surface area contributed by atoms with Gasteiger partial charge in [0.15, 0.2) is 0 Å². The molecule has 0 saturated heterocycles. The Morgan fingerprint density at radius 1 is 1.19 bits per heavy atom. The lowest BCUT2D eigenvalue weighted by Crippen LogP contribution is -2.14. The van der Waals surface area contributed by atoms with Crippen molar-refractivity contribution in [2.45, 2.75) is 6.92 Å². The summed E-state index contributed by atoms with van der Waals surface area (Å²) in [6.07, 6.45) is 0. The normalized spacial score (nSPS) is 10.3. The van der Waals surface area contributed by atoms with Crippen LogP contribution in [0.1, 0.15) is 15.9 Å². The molecule has 2 aromatic carbocycles. The van der Waals surface area contributed by atoms with E-state index < -0.39 is 0 Å². The van der Waals surface area contributed by atoms with Crippen molar-refractivity contribution in [3.63, 3.8) is 0 Å². The van der Waals surface area contributed by atoms with Crippen molar-refractivity contribution < 1.29 is 9.53 Å². The highest BCUT2D eigenvalue weighted by atomic mass is 79.9. The zero-order valence-electron chi connectivity index (χ0n) is 11.5. The van der Waals surface area contributed by atoms with Crippen molar-refractivity contribution in [2.75, 3.05) is 18.2 Å². The van der Waals surface area contributed by atoms with Gasteiger partial charge in [0.1, 0.15) is 5.75 Å². The number of nitrogens with two attached hydrogens (primary N) is 1. The molecule has 4 nitrogen and oxygen atoms in total. The number of anilines is 2. The second-order valence-corrected chi connectivity index (χ2v) is 6.23. The Kier molecular flexibility index (Phi) is 4.90. The quantitative estimate of drug-likeness (QED) is 0.734. The Morgan fingerprint density at radius 3 is 2.38 bits per heavy atom. The summed E-state index contributed by atoms with van der Waals surface area (Å²) in [6, 6.07) is 8.91. The number of ether oxygens (including phenoxy) is 1. The molecular formula is C15H14Br2N2O2. The van der Waals surface area contributed by atoms with Crippen LogP contribution in [0, 0.1) is 6.92 Å². The van der Waals surface area contributed by atoms with Crippen molar-refractivity contribution in [2.24, 2.45) is 0 Å². The molecule has 2 rings (SSSR count). The summed E-state index contributed by atoms with van der Waals surface area (Å²) < 4.78 is 6.64. The van der Waals surface area contributed by atoms with Crippen LogP contribution in [0.3, 0.4) is 0 Å². The molecule has 0 unspecified atom stereocenters. The summed E-state index contributed by atoms with van der Waals surface area (Å²) in [7, 11) is 1.54. The molecule has 0 aliphatic heterocycles. The standard InChI is InChI=1S/C15H14Br2N2O2/c1-8-3-4-13(21-2)10(5-8)15(20)19-14-11(16)6-9(18)7-12(14)17/h3-7H,18H2,1-2H3,(H,19,20). The van der Waals surface area contributed by atoms with E-state index in [2.05, 4.69) is 37.2 Å². The van der Waals surface area contributed by atoms with Gasteiger partial charge in [-0.3, -0.25) is 4.79 Å². The molecule has 1 amide bonds. The zero-order valence-corrected chi connectivity index (χ0v) is 14.7. The average molecular weight is 414 g/mol. The summed E-state index contributed by atoms with van der Waals surface area (Å²) in [5.41, 5.74) is 8.43. The monoisotopic (exact) mass is 412 g/mol. The van der Waals surface area contributed by atoms with Crippen LogP contribution in [0.5, 0.6) is 5.75 Å². The number of rotatable bonds is 3. The van der Waals surface area contributed by atoms with Crippen LogP contribution in [0.2, 0.25) is 0 Å². The van der Waals surface area contributed by atoms with Crippen molar-refractivity contribution in [1.82, 2.24) is 0 Å². The van der Waals surface area contributed by atoms with Crippen molar-refractivity contribution >= 4 is 49.1 Å². The van der Waals surface area contributed by atoms with Crippen LogP contribution >= 0.6 is 31.9 Å². The van der Waals surface area contributed by atoms with E-state index in [4.69, 9.17) is 10.5 Å². The van der Waals surface area contributed by atoms with Gasteiger partial charge in [0, 0.05) is 14.6 Å². The lowest BCUT2D eigenvalue weighted by Gasteiger charge is -2.13. The predicted octanol–water partition coefficient (Wildman–Crippen LogP) is 4.36. The fourth-order valence-electron chi connectivity index (χ4n) is 1.89. The number of benzene rings is 2. The van der Waals surface area contributed by atoms with Gasteiger partial charge >= 0.3 is 0 Å². The Hall–Kier alpha value is -1.53. The van der Waals surface area contributed by atoms with E-state index in [1.807, 2.05) is 13.0 Å². The zero-order chi connectivity index (χ0) is 15.6. The number of carbonyl (C=O) groups excluding carboxylic acids is 1. The molecule has 0 aromatic heterocycles. The van der Waals surface area contributed by atoms with Crippen molar-refractivity contribution in [1.29, 1.82) is 0 Å². The first kappa shape index (κ1) is 15.9. The van der Waals surface area contributed by atoms with Gasteiger partial charge < -0.3 is 15.8 Å². The molecule has 0 atom stereocenters. The van der Waals surface area contributed by atoms with Gasteiger partial charge in [-0.15, -0.1) is 0 Å². The van der Waals surface area contributed by atoms with Crippen LogP contribution in [0.25, 0.3) is 0 Å². The van der Waals surface area contributed by atoms with Gasteiger partial charge in [-0.2, -0.15) is 0 Å². The highest BCUT2D eigenvalue weighted by Gasteiger charge is 2.16. The number of nitrogens with one attached hydrogen (secondary N) is 1. The lowest BCUT2D eigenvalue weighted by molar-refractivity contribution is 0.102. The summed E-state index contributed by atoms with van der Waals surface area (Å²) in [4.78, 5) is 12.5. The van der Waals surface area contributed by atoms with E-state index in [9.17, 15) is 4.79 Å². The van der Waals surface area contributed by atoms with E-state index in [1.165, 1.54) is 7.11 Å². The van der Waals surface area contributed by atoms with Crippen molar-refractivity contribution in [3.05, 3.63) is 50.4 Å². The van der Waals surface area contributed by atoms with Gasteiger partial charge in [-0.05, 0) is 63.0 Å². The maximum atomic E-state index is 12.5. The SMILES string of the molecule is COc1ccc(C)cc1C(=O)Nc1c(Br)cc(N)cc1Br. The van der Waals surface area contributed by atoms with Crippen molar-refractivity contribution in [3.8, 4) is 5.75 Å². The van der Waals surface area contributed by atoms with E-state index in [-0.39, 0.29) is 5.91 Å². The number of halogens is 2. The molecule has 6 heteroatoms. The molecule has 0 heterocycles. The van der Waals surface area contributed by atoms with Crippen LogP contribution in [-0.4, -0.2) is 13.0 Å². The van der Waals surface area contributed by atoms with Crippen LogP contribution in [0.15, 0.2) is 39.3 Å². The maximum Gasteiger partial charge on any atom is 0.259 e. The van der Waals surface area contributed by atoms with Gasteiger partial charge in [0.05, 0.1) is 18.4 Å². The third-order valence-corrected chi connectivity index (χ3v) is 4.15. The summed E-state index contributed by atoms with van der Waals surface area (Å²) in [5, 5.41) is 2.86. The highest BCUT2D eigenvalue weighted by molar-refractivity contribution is 9.11. The lowest BCUT2D eigenvalue weighted by atomic mass is 10.1. The van der Waals surface area contributed by atoms with Gasteiger partial charge in [0.2, 0.25) is 0 Å². The third-order valence-electron chi connectivity index (χ3n) is 2.90. The first-order valence-corrected chi connectivity index (χ1v) is 7.71. The molecule has 3 N–H and O–H groups in total. The predicted molar refractivity (Wildman–Crippen MR) is 91.9 cm³/mol. The molecule has 21 heavy (non-hydrogen) atoms. The highest BCUT2D eigenvalue weighted by Crippen LogP contribution is 2.34. The van der Waals surface area contributed by atoms with E-state index >= 15 is 0 Å². The summed E-state index contributed by atoms with van der Waals surface area (Å²) >= 11 is 6.79. The van der Waals surface area contributed by atoms with Crippen LogP contribution in [-0.2, 0) is 0 Å². The Bertz CT molecular complexity index is 679. The molecule has 0 bridgehead atoms. The average Bonchev–Trinajstić information content (AvgIpc) is 2.42. The topological polar surface area (TPSA) is 64.3 Å². The van der Waals surface area contributed by atoms with E-state index in [1.54, 1.807) is 24.3 Å². The summed E-state index contributed by atoms with van der Waals surface area (Å²) in [5.74, 6) is 0.280. The number of hydrogen-bond acceptors (Lipinski definition) is 3. The molecule has 0 spiro atoms. The number of amides is 1. The van der Waals surface area contributed by atoms with Gasteiger partial charge in [-0.25, -0.2) is 0 Å². The van der Waals surface area contributed by atoms with E-state index in [0.717, 1.165) is 5.56 Å². The molecule has 0 fully saturated rings. The third kappa shape index (κ3) is 3.57. The summed E-state index contributed by atoms with van der Waals surface area (Å²) in [6.45, 7) is 1.92. The number of hydrogen-bond donors (Lipinski definition) is 2. The smallest absolute Gasteiger partial charge is 0.259 e. The van der Waals surface area contributed by atoms with E-state index in [0.29, 0.717) is 31.6 Å². The molecule has 0 aliphatic carbocycles. The maximum absolute atomic E-state index is 12.5. The Morgan fingerprint density at radius 2 is 1.81 bits per heavy atom. The molecule has 110 valence electrons. The number of methoxy groups -OCH3 is 1. The number of nitrogen functional groups attached to an aromatic ring is 1. The second kappa shape index (κ2) is 6.49. The van der Waals surface area contributed by atoms with Crippen LogP contribution in [0.4, 0.5) is 11.4 Å². The minimum atomic E-state index is -0.248. The molecule has 0 radical (unpaired) electrons. The number of aryl methyl sites for hydroxylation is 1. The minimum Gasteiger partial charge on any atom is -0.496 e. The molecule has 0 saturated carbocycles. The molecule has 2 aromatic rings.